The van der Waals surface area contributed by atoms with E-state index in [0.29, 0.717) is 11.8 Å². The van der Waals surface area contributed by atoms with Gasteiger partial charge in [0.05, 0.1) is 4.90 Å². The van der Waals surface area contributed by atoms with E-state index >= 15 is 0 Å². The van der Waals surface area contributed by atoms with Crippen LogP contribution in [0.15, 0.2) is 46.5 Å². The van der Waals surface area contributed by atoms with Gasteiger partial charge in [0.1, 0.15) is 0 Å². The molecule has 30 heavy (non-hydrogen) atoms. The fraction of sp³-hybridized carbons (Fsp3) is 0.444. The molecule has 1 aromatic carbocycles. The van der Waals surface area contributed by atoms with Crippen molar-refractivity contribution >= 4 is 28.6 Å². The molecule has 0 bridgehead atoms. The van der Waals surface area contributed by atoms with Gasteiger partial charge in [-0.2, -0.15) is 17.5 Å². The van der Waals surface area contributed by atoms with Crippen molar-refractivity contribution in [2.75, 3.05) is 24.5 Å². The monoisotopic (exact) mass is 462 g/mol. The molecule has 0 unspecified atom stereocenters. The fourth-order valence-corrected chi connectivity index (χ4v) is 5.24. The Labute approximate surface area is 178 Å². The van der Waals surface area contributed by atoms with Crippen molar-refractivity contribution < 1.29 is 26.7 Å². The first-order chi connectivity index (χ1) is 13.9. The molecule has 2 heterocycles. The molecule has 0 spiro atoms. The predicted molar refractivity (Wildman–Crippen MR) is 107 cm³/mol. The molecule has 164 valence electrons. The van der Waals surface area contributed by atoms with Gasteiger partial charge in [0.15, 0.2) is 5.60 Å². The highest BCUT2D eigenvalue weighted by Crippen LogP contribution is 2.38. The van der Waals surface area contributed by atoms with Crippen LogP contribution in [0.4, 0.5) is 19.1 Å². The molecule has 7 nitrogen and oxygen atoms in total. The van der Waals surface area contributed by atoms with Crippen molar-refractivity contribution in [1.82, 2.24) is 14.3 Å². The number of aliphatic hydroxyl groups is 1. The molecular formula is C18H21F3N4O3S2. The molecule has 1 aliphatic rings. The minimum Gasteiger partial charge on any atom is -0.376 e. The summed E-state index contributed by atoms with van der Waals surface area (Å²) in [7, 11) is -3.74. The normalized spacial score (nSPS) is 20.8. The number of anilines is 1. The Morgan fingerprint density at radius 1 is 1.17 bits per heavy atom. The van der Waals surface area contributed by atoms with Gasteiger partial charge in [0.25, 0.3) is 0 Å². The number of aromatic nitrogens is 2. The average Bonchev–Trinajstić information content (AvgIpc) is 2.67. The summed E-state index contributed by atoms with van der Waals surface area (Å²) in [5, 5.41) is 9.73. The summed E-state index contributed by atoms with van der Waals surface area (Å²) in [6.45, 7) is 2.97. The smallest absolute Gasteiger partial charge is 0.376 e. The number of thiol groups is 1. The van der Waals surface area contributed by atoms with Gasteiger partial charge in [-0.05, 0) is 26.0 Å². The van der Waals surface area contributed by atoms with Gasteiger partial charge < -0.3 is 10.0 Å². The number of piperazine rings is 1. The quantitative estimate of drug-likeness (QED) is 0.679. The molecule has 1 N–H and O–H groups in total. The van der Waals surface area contributed by atoms with Gasteiger partial charge in [0.2, 0.25) is 16.0 Å². The van der Waals surface area contributed by atoms with Crippen LogP contribution in [-0.4, -0.2) is 59.6 Å². The molecule has 1 saturated heterocycles. The number of nitrogens with zero attached hydrogens (tertiary/aromatic N) is 4. The second-order valence-electron chi connectivity index (χ2n) is 7.21. The first kappa shape index (κ1) is 22.8. The highest BCUT2D eigenvalue weighted by molar-refractivity contribution is 7.90. The van der Waals surface area contributed by atoms with E-state index in [2.05, 4.69) is 22.6 Å². The lowest BCUT2D eigenvalue weighted by Crippen LogP contribution is -2.54. The zero-order valence-electron chi connectivity index (χ0n) is 16.2. The van der Waals surface area contributed by atoms with Crippen molar-refractivity contribution in [1.29, 1.82) is 0 Å². The Hall–Kier alpha value is -1.89. The van der Waals surface area contributed by atoms with Crippen LogP contribution < -0.4 is 4.90 Å². The van der Waals surface area contributed by atoms with E-state index in [1.54, 1.807) is 30.0 Å². The van der Waals surface area contributed by atoms with Crippen LogP contribution in [0.25, 0.3) is 0 Å². The van der Waals surface area contributed by atoms with Crippen LogP contribution in [0, 0.1) is 0 Å². The minimum atomic E-state index is -4.87. The Kier molecular flexibility index (Phi) is 6.07. The first-order valence-corrected chi connectivity index (χ1v) is 10.9. The van der Waals surface area contributed by atoms with Gasteiger partial charge in [-0.1, -0.05) is 12.1 Å². The number of rotatable bonds is 4. The zero-order chi connectivity index (χ0) is 22.3. The zero-order valence-corrected chi connectivity index (χ0v) is 17.9. The van der Waals surface area contributed by atoms with Gasteiger partial charge >= 0.3 is 6.18 Å². The van der Waals surface area contributed by atoms with Crippen molar-refractivity contribution in [2.45, 2.75) is 41.5 Å². The van der Waals surface area contributed by atoms with E-state index < -0.39 is 27.4 Å². The molecule has 0 radical (unpaired) electrons. The van der Waals surface area contributed by atoms with Crippen molar-refractivity contribution in [3.05, 3.63) is 42.2 Å². The molecule has 1 aromatic heterocycles. The lowest BCUT2D eigenvalue weighted by atomic mass is 9.99. The van der Waals surface area contributed by atoms with Crippen LogP contribution in [0.3, 0.4) is 0 Å². The van der Waals surface area contributed by atoms with Crippen LogP contribution in [0.5, 0.6) is 0 Å². The van der Waals surface area contributed by atoms with Crippen molar-refractivity contribution in [3.63, 3.8) is 0 Å². The highest BCUT2D eigenvalue weighted by Gasteiger charge is 2.51. The van der Waals surface area contributed by atoms with E-state index in [-0.39, 0.29) is 36.5 Å². The van der Waals surface area contributed by atoms with Crippen LogP contribution in [-0.2, 0) is 15.6 Å². The van der Waals surface area contributed by atoms with Gasteiger partial charge in [0, 0.05) is 48.5 Å². The third-order valence-corrected chi connectivity index (χ3v) is 7.55. The maximum atomic E-state index is 13.0. The molecule has 2 aromatic rings. The first-order valence-electron chi connectivity index (χ1n) is 9.02. The molecule has 3 rings (SSSR count). The molecular weight excluding hydrogens is 441 g/mol. The molecule has 12 heteroatoms. The van der Waals surface area contributed by atoms with Gasteiger partial charge in [-0.15, -0.1) is 12.6 Å². The molecule has 2 atom stereocenters. The standard InChI is InChI=1S/C18H21F3N4O3S2/c1-12-11-24(30(27,28)15-6-4-3-5-14(15)29)7-8-25(12)16-22-9-13(10-23-16)17(2,26)18(19,20)21/h3-6,9-10,12,26,29H,7-8,11H2,1-2H3/t12-,17+/m0/s1. The summed E-state index contributed by atoms with van der Waals surface area (Å²) < 4.78 is 66.1. The summed E-state index contributed by atoms with van der Waals surface area (Å²) in [4.78, 5) is 10.1. The Morgan fingerprint density at radius 3 is 2.30 bits per heavy atom. The minimum absolute atomic E-state index is 0.115. The summed E-state index contributed by atoms with van der Waals surface area (Å²) in [5.74, 6) is 0.163. The Bertz CT molecular complexity index is 1010. The predicted octanol–water partition coefficient (Wildman–Crippen LogP) is 2.43. The maximum absolute atomic E-state index is 13.0. The van der Waals surface area contributed by atoms with Crippen molar-refractivity contribution in [2.24, 2.45) is 0 Å². The topological polar surface area (TPSA) is 86.6 Å². The summed E-state index contributed by atoms with van der Waals surface area (Å²) in [6, 6.07) is 6.08. The van der Waals surface area contributed by atoms with Crippen LogP contribution in [0.1, 0.15) is 19.4 Å². The van der Waals surface area contributed by atoms with Crippen molar-refractivity contribution in [3.8, 4) is 0 Å². The van der Waals surface area contributed by atoms with Crippen LogP contribution in [0.2, 0.25) is 0 Å². The van der Waals surface area contributed by atoms with E-state index in [0.717, 1.165) is 12.4 Å². The number of halogens is 3. The van der Waals surface area contributed by atoms with E-state index in [4.69, 9.17) is 0 Å². The number of hydrogen-bond donors (Lipinski definition) is 2. The summed E-state index contributed by atoms with van der Waals surface area (Å²) in [6.07, 6.45) is -3.00. The second kappa shape index (κ2) is 7.98. The molecule has 1 aliphatic heterocycles. The van der Waals surface area contributed by atoms with E-state index in [1.165, 1.54) is 10.4 Å². The number of benzene rings is 1. The number of alkyl halides is 3. The Balaban J connectivity index is 1.77. The summed E-state index contributed by atoms with van der Waals surface area (Å²) >= 11 is 4.22. The van der Waals surface area contributed by atoms with Gasteiger partial charge in [-0.25, -0.2) is 18.4 Å². The average molecular weight is 463 g/mol. The highest BCUT2D eigenvalue weighted by atomic mass is 32.2. The largest absolute Gasteiger partial charge is 0.421 e. The van der Waals surface area contributed by atoms with E-state index in [9.17, 15) is 26.7 Å². The van der Waals surface area contributed by atoms with Gasteiger partial charge in [-0.3, -0.25) is 0 Å². The molecule has 0 saturated carbocycles. The maximum Gasteiger partial charge on any atom is 0.421 e. The molecule has 1 fully saturated rings. The number of sulfonamides is 1. The number of hydrogen-bond acceptors (Lipinski definition) is 7. The fourth-order valence-electron chi connectivity index (χ4n) is 3.14. The summed E-state index contributed by atoms with van der Waals surface area (Å²) in [5.41, 5.74) is -3.54. The molecule has 0 aliphatic carbocycles. The third kappa shape index (κ3) is 4.13. The third-order valence-electron chi connectivity index (χ3n) is 5.08. The van der Waals surface area contributed by atoms with E-state index in [1.807, 2.05) is 0 Å². The Morgan fingerprint density at radius 2 is 1.77 bits per heavy atom. The second-order valence-corrected chi connectivity index (χ2v) is 9.60. The molecule has 0 amide bonds. The lowest BCUT2D eigenvalue weighted by Gasteiger charge is -2.39. The lowest BCUT2D eigenvalue weighted by molar-refractivity contribution is -0.259. The van der Waals surface area contributed by atoms with Crippen LogP contribution >= 0.6 is 12.6 Å². The SMILES string of the molecule is C[C@H]1CN(S(=O)(=O)c2ccccc2S)CCN1c1ncc([C@@](C)(O)C(F)(F)F)cn1.